The first-order chi connectivity index (χ1) is 9.63. The number of hydrogen-bond acceptors (Lipinski definition) is 4. The molecule has 0 amide bonds. The second-order valence-corrected chi connectivity index (χ2v) is 5.01. The Balaban J connectivity index is 2.27. The number of benzene rings is 1. The Labute approximate surface area is 119 Å². The quantitative estimate of drug-likeness (QED) is 0.816. The maximum absolute atomic E-state index is 11.3. The summed E-state index contributed by atoms with van der Waals surface area (Å²) in [6.07, 6.45) is 1.72. The van der Waals surface area contributed by atoms with E-state index in [1.54, 1.807) is 4.68 Å². The van der Waals surface area contributed by atoms with E-state index in [4.69, 9.17) is 5.73 Å². The molecule has 1 aromatic heterocycles. The predicted molar refractivity (Wildman–Crippen MR) is 80.6 cm³/mol. The number of aryl methyl sites for hydroxylation is 1. The lowest BCUT2D eigenvalue weighted by Crippen LogP contribution is -2.16. The highest BCUT2D eigenvalue weighted by Gasteiger charge is 2.16. The average Bonchev–Trinajstić information content (AvgIpc) is 2.76. The van der Waals surface area contributed by atoms with Crippen molar-refractivity contribution >= 4 is 12.1 Å². The summed E-state index contributed by atoms with van der Waals surface area (Å²) >= 11 is 0. The number of rotatable bonds is 6. The van der Waals surface area contributed by atoms with E-state index in [1.807, 2.05) is 44.4 Å². The molecule has 2 aromatic rings. The van der Waals surface area contributed by atoms with Gasteiger partial charge >= 0.3 is 0 Å². The fourth-order valence-electron chi connectivity index (χ4n) is 2.12. The van der Waals surface area contributed by atoms with Crippen molar-refractivity contribution in [3.05, 3.63) is 35.9 Å². The van der Waals surface area contributed by atoms with Crippen molar-refractivity contribution < 1.29 is 4.79 Å². The molecule has 0 aliphatic heterocycles. The maximum Gasteiger partial charge on any atom is 0.156 e. The molecule has 1 heterocycles. The molecular formula is C15H20N4O. The van der Waals surface area contributed by atoms with Gasteiger partial charge in [-0.3, -0.25) is 4.79 Å². The van der Waals surface area contributed by atoms with E-state index in [0.717, 1.165) is 24.8 Å². The van der Waals surface area contributed by atoms with E-state index >= 15 is 0 Å². The van der Waals surface area contributed by atoms with Crippen LogP contribution in [-0.4, -0.2) is 41.6 Å². The Kier molecular flexibility index (Phi) is 4.53. The first-order valence-corrected chi connectivity index (χ1v) is 6.65. The number of anilines is 1. The number of nitrogens with two attached hydrogens (primary N) is 1. The number of carbonyl (C=O) groups is 1. The zero-order valence-corrected chi connectivity index (χ0v) is 11.9. The van der Waals surface area contributed by atoms with Gasteiger partial charge in [0.2, 0.25) is 0 Å². The summed E-state index contributed by atoms with van der Waals surface area (Å²) in [6, 6.07) is 9.63. The SMILES string of the molecule is CN(C)CCCn1nc(-c2ccccc2)c(C=O)c1N. The molecule has 5 heteroatoms. The molecule has 0 fully saturated rings. The van der Waals surface area contributed by atoms with Gasteiger partial charge in [0.1, 0.15) is 11.5 Å². The zero-order chi connectivity index (χ0) is 14.5. The van der Waals surface area contributed by atoms with Gasteiger partial charge in [0, 0.05) is 12.1 Å². The molecule has 5 nitrogen and oxygen atoms in total. The highest BCUT2D eigenvalue weighted by Crippen LogP contribution is 2.25. The van der Waals surface area contributed by atoms with Crippen molar-refractivity contribution in [3.63, 3.8) is 0 Å². The van der Waals surface area contributed by atoms with Crippen LogP contribution in [-0.2, 0) is 6.54 Å². The number of nitrogen functional groups attached to an aromatic ring is 1. The molecule has 0 aliphatic rings. The van der Waals surface area contributed by atoms with E-state index in [-0.39, 0.29) is 0 Å². The highest BCUT2D eigenvalue weighted by molar-refractivity contribution is 5.91. The molecule has 106 valence electrons. The van der Waals surface area contributed by atoms with Crippen LogP contribution in [0.4, 0.5) is 5.82 Å². The third kappa shape index (κ3) is 3.05. The second kappa shape index (κ2) is 6.34. The Hall–Kier alpha value is -2.14. The molecule has 20 heavy (non-hydrogen) atoms. The molecule has 0 radical (unpaired) electrons. The lowest BCUT2D eigenvalue weighted by molar-refractivity contribution is 0.112. The highest BCUT2D eigenvalue weighted by atomic mass is 16.1. The summed E-state index contributed by atoms with van der Waals surface area (Å²) in [5, 5.41) is 4.49. The Bertz CT molecular complexity index is 575. The van der Waals surface area contributed by atoms with Gasteiger partial charge in [-0.05, 0) is 27.1 Å². The van der Waals surface area contributed by atoms with Gasteiger partial charge in [0.25, 0.3) is 0 Å². The third-order valence-electron chi connectivity index (χ3n) is 3.17. The number of aromatic nitrogens is 2. The van der Waals surface area contributed by atoms with Crippen molar-refractivity contribution in [3.8, 4) is 11.3 Å². The summed E-state index contributed by atoms with van der Waals surface area (Å²) in [7, 11) is 4.05. The van der Waals surface area contributed by atoms with Gasteiger partial charge in [0.05, 0.1) is 5.56 Å². The second-order valence-electron chi connectivity index (χ2n) is 5.01. The van der Waals surface area contributed by atoms with Crippen LogP contribution in [0.1, 0.15) is 16.8 Å². The van der Waals surface area contributed by atoms with Gasteiger partial charge in [0.15, 0.2) is 6.29 Å². The zero-order valence-electron chi connectivity index (χ0n) is 11.9. The van der Waals surface area contributed by atoms with Crippen LogP contribution < -0.4 is 5.73 Å². The van der Waals surface area contributed by atoms with Gasteiger partial charge in [-0.2, -0.15) is 5.10 Å². The minimum Gasteiger partial charge on any atom is -0.383 e. The van der Waals surface area contributed by atoms with Crippen LogP contribution in [0.2, 0.25) is 0 Å². The minimum absolute atomic E-state index is 0.442. The molecule has 0 aliphatic carbocycles. The third-order valence-corrected chi connectivity index (χ3v) is 3.17. The Morgan fingerprint density at radius 2 is 2.00 bits per heavy atom. The number of aldehydes is 1. The summed E-state index contributed by atoms with van der Waals surface area (Å²) in [5.74, 6) is 0.442. The van der Waals surface area contributed by atoms with Gasteiger partial charge in [-0.25, -0.2) is 4.68 Å². The first kappa shape index (κ1) is 14.3. The molecule has 0 saturated heterocycles. The summed E-state index contributed by atoms with van der Waals surface area (Å²) < 4.78 is 1.72. The summed E-state index contributed by atoms with van der Waals surface area (Å²) in [5.41, 5.74) is 8.06. The van der Waals surface area contributed by atoms with E-state index in [2.05, 4.69) is 10.00 Å². The lowest BCUT2D eigenvalue weighted by atomic mass is 10.1. The number of carbonyl (C=O) groups excluding carboxylic acids is 1. The van der Waals surface area contributed by atoms with E-state index in [9.17, 15) is 4.79 Å². The van der Waals surface area contributed by atoms with Crippen molar-refractivity contribution in [2.24, 2.45) is 0 Å². The molecule has 0 unspecified atom stereocenters. The van der Waals surface area contributed by atoms with Crippen LogP contribution in [0.3, 0.4) is 0 Å². The normalized spacial score (nSPS) is 10.9. The fourth-order valence-corrected chi connectivity index (χ4v) is 2.12. The standard InChI is InChI=1S/C15H20N4O/c1-18(2)9-6-10-19-15(16)13(11-20)14(17-19)12-7-4-3-5-8-12/h3-5,7-8,11H,6,9-10,16H2,1-2H3. The number of nitrogens with zero attached hydrogens (tertiary/aromatic N) is 3. The monoisotopic (exact) mass is 272 g/mol. The Morgan fingerprint density at radius 1 is 1.30 bits per heavy atom. The topological polar surface area (TPSA) is 64.2 Å². The van der Waals surface area contributed by atoms with E-state index in [1.165, 1.54) is 0 Å². The van der Waals surface area contributed by atoms with Gasteiger partial charge in [-0.15, -0.1) is 0 Å². The molecular weight excluding hydrogens is 252 g/mol. The van der Waals surface area contributed by atoms with Crippen molar-refractivity contribution in [1.82, 2.24) is 14.7 Å². The fraction of sp³-hybridized carbons (Fsp3) is 0.333. The minimum atomic E-state index is 0.442. The molecule has 0 atom stereocenters. The molecule has 0 spiro atoms. The molecule has 0 bridgehead atoms. The van der Waals surface area contributed by atoms with Crippen LogP contribution in [0.5, 0.6) is 0 Å². The van der Waals surface area contributed by atoms with Crippen molar-refractivity contribution in [1.29, 1.82) is 0 Å². The van der Waals surface area contributed by atoms with E-state index < -0.39 is 0 Å². The first-order valence-electron chi connectivity index (χ1n) is 6.65. The largest absolute Gasteiger partial charge is 0.383 e. The molecule has 2 N–H and O–H groups in total. The van der Waals surface area contributed by atoms with Crippen LogP contribution in [0.15, 0.2) is 30.3 Å². The molecule has 0 saturated carbocycles. The van der Waals surface area contributed by atoms with Gasteiger partial charge < -0.3 is 10.6 Å². The van der Waals surface area contributed by atoms with E-state index in [0.29, 0.717) is 23.6 Å². The van der Waals surface area contributed by atoms with Crippen LogP contribution in [0, 0.1) is 0 Å². The van der Waals surface area contributed by atoms with Crippen LogP contribution in [0.25, 0.3) is 11.3 Å². The maximum atomic E-state index is 11.3. The van der Waals surface area contributed by atoms with Crippen molar-refractivity contribution in [2.45, 2.75) is 13.0 Å². The lowest BCUT2D eigenvalue weighted by Gasteiger charge is -2.09. The van der Waals surface area contributed by atoms with Gasteiger partial charge in [-0.1, -0.05) is 30.3 Å². The smallest absolute Gasteiger partial charge is 0.156 e. The number of hydrogen-bond donors (Lipinski definition) is 1. The van der Waals surface area contributed by atoms with Crippen LogP contribution >= 0.6 is 0 Å². The molecule has 1 aromatic carbocycles. The Morgan fingerprint density at radius 3 is 2.60 bits per heavy atom. The predicted octanol–water partition coefficient (Wildman–Crippen LogP) is 1.90. The molecule has 2 rings (SSSR count). The summed E-state index contributed by atoms with van der Waals surface area (Å²) in [6.45, 7) is 1.66. The average molecular weight is 272 g/mol. The van der Waals surface area contributed by atoms with Crippen molar-refractivity contribution in [2.75, 3.05) is 26.4 Å². The summed E-state index contributed by atoms with van der Waals surface area (Å²) in [4.78, 5) is 13.4.